The highest BCUT2D eigenvalue weighted by molar-refractivity contribution is 7.12. The lowest BCUT2D eigenvalue weighted by Gasteiger charge is -2.39. The Morgan fingerprint density at radius 1 is 1.39 bits per heavy atom. The summed E-state index contributed by atoms with van der Waals surface area (Å²) < 4.78 is 0. The van der Waals surface area contributed by atoms with Crippen LogP contribution in [0.5, 0.6) is 0 Å². The highest BCUT2D eigenvalue weighted by atomic mass is 35.5. The predicted octanol–water partition coefficient (Wildman–Crippen LogP) is 4.24. The smallest absolute Gasteiger partial charge is 0.194 e. The molecule has 0 saturated carbocycles. The molecular weight excluding hydrogens is 266 g/mol. The summed E-state index contributed by atoms with van der Waals surface area (Å²) >= 11 is 7.60. The van der Waals surface area contributed by atoms with Gasteiger partial charge < -0.3 is 0 Å². The fourth-order valence-corrected chi connectivity index (χ4v) is 4.15. The summed E-state index contributed by atoms with van der Waals surface area (Å²) in [6, 6.07) is 1.82. The van der Waals surface area contributed by atoms with E-state index in [9.17, 15) is 4.79 Å². The first-order valence-electron chi connectivity index (χ1n) is 6.68. The molecule has 0 amide bonds. The predicted molar refractivity (Wildman–Crippen MR) is 77.8 cm³/mol. The standard InChI is InChI=1S/C14H20ClNOS/c1-3-14(4-2,16-8-5-6-9-16)13(17)12-11(15)7-10-18-12/h7,10H,3-6,8-9H2,1-2H3. The van der Waals surface area contributed by atoms with Gasteiger partial charge in [0.15, 0.2) is 5.78 Å². The lowest BCUT2D eigenvalue weighted by Crippen LogP contribution is -2.52. The van der Waals surface area contributed by atoms with Gasteiger partial charge >= 0.3 is 0 Å². The van der Waals surface area contributed by atoms with Crippen molar-refractivity contribution in [2.75, 3.05) is 13.1 Å². The largest absolute Gasteiger partial charge is 0.291 e. The zero-order valence-corrected chi connectivity index (χ0v) is 12.6. The van der Waals surface area contributed by atoms with Gasteiger partial charge in [-0.1, -0.05) is 25.4 Å². The van der Waals surface area contributed by atoms with Gasteiger partial charge in [0.05, 0.1) is 15.4 Å². The van der Waals surface area contributed by atoms with Gasteiger partial charge in [0.1, 0.15) is 0 Å². The lowest BCUT2D eigenvalue weighted by molar-refractivity contribution is 0.0586. The van der Waals surface area contributed by atoms with Gasteiger partial charge in [-0.2, -0.15) is 0 Å². The Morgan fingerprint density at radius 3 is 2.44 bits per heavy atom. The molecule has 0 atom stereocenters. The molecule has 0 radical (unpaired) electrons. The normalized spacial score (nSPS) is 17.3. The Bertz CT molecular complexity index is 419. The Labute approximate surface area is 118 Å². The summed E-state index contributed by atoms with van der Waals surface area (Å²) in [4.78, 5) is 16.0. The summed E-state index contributed by atoms with van der Waals surface area (Å²) in [6.45, 7) is 6.30. The number of hydrogen-bond acceptors (Lipinski definition) is 3. The summed E-state index contributed by atoms with van der Waals surface area (Å²) in [5.74, 6) is 0.217. The minimum absolute atomic E-state index is 0.217. The van der Waals surface area contributed by atoms with Crippen LogP contribution in [0.25, 0.3) is 0 Å². The Morgan fingerprint density at radius 2 is 2.00 bits per heavy atom. The van der Waals surface area contributed by atoms with E-state index >= 15 is 0 Å². The van der Waals surface area contributed by atoms with E-state index in [1.54, 1.807) is 0 Å². The van der Waals surface area contributed by atoms with Crippen molar-refractivity contribution in [3.63, 3.8) is 0 Å². The summed E-state index contributed by atoms with van der Waals surface area (Å²) in [5, 5.41) is 2.51. The van der Waals surface area contributed by atoms with E-state index < -0.39 is 0 Å². The van der Waals surface area contributed by atoms with Gasteiger partial charge in [-0.05, 0) is 50.2 Å². The van der Waals surface area contributed by atoms with Crippen molar-refractivity contribution >= 4 is 28.7 Å². The van der Waals surface area contributed by atoms with Gasteiger partial charge in [0.25, 0.3) is 0 Å². The highest BCUT2D eigenvalue weighted by Crippen LogP contribution is 2.35. The number of halogens is 1. The number of carbonyl (C=O) groups is 1. The van der Waals surface area contributed by atoms with Crippen LogP contribution in [0, 0.1) is 0 Å². The number of likely N-dealkylation sites (tertiary alicyclic amines) is 1. The molecule has 18 heavy (non-hydrogen) atoms. The first-order chi connectivity index (χ1) is 8.65. The number of carbonyl (C=O) groups excluding carboxylic acids is 1. The third-order valence-corrected chi connectivity index (χ3v) is 5.47. The minimum atomic E-state index is -0.342. The Hall–Kier alpha value is -0.380. The quantitative estimate of drug-likeness (QED) is 0.754. The molecule has 1 aliphatic heterocycles. The van der Waals surface area contributed by atoms with Crippen LogP contribution in [-0.4, -0.2) is 29.3 Å². The Balaban J connectivity index is 2.35. The summed E-state index contributed by atoms with van der Waals surface area (Å²) in [7, 11) is 0. The molecule has 0 spiro atoms. The van der Waals surface area contributed by atoms with Gasteiger partial charge in [-0.15, -0.1) is 11.3 Å². The molecule has 0 N–H and O–H groups in total. The van der Waals surface area contributed by atoms with E-state index in [-0.39, 0.29) is 11.3 Å². The second-order valence-electron chi connectivity index (χ2n) is 4.86. The van der Waals surface area contributed by atoms with Crippen LogP contribution in [0.1, 0.15) is 49.2 Å². The number of ketones is 1. The third kappa shape index (κ3) is 2.24. The van der Waals surface area contributed by atoms with Crippen molar-refractivity contribution in [1.29, 1.82) is 0 Å². The maximum absolute atomic E-state index is 12.9. The molecule has 100 valence electrons. The zero-order chi connectivity index (χ0) is 13.2. The van der Waals surface area contributed by atoms with Gasteiger partial charge in [0.2, 0.25) is 0 Å². The molecule has 1 saturated heterocycles. The second kappa shape index (κ2) is 5.72. The van der Waals surface area contributed by atoms with Crippen LogP contribution >= 0.6 is 22.9 Å². The van der Waals surface area contributed by atoms with Gasteiger partial charge in [-0.25, -0.2) is 0 Å². The van der Waals surface area contributed by atoms with Crippen LogP contribution in [0.2, 0.25) is 5.02 Å². The molecule has 0 unspecified atom stereocenters. The van der Waals surface area contributed by atoms with E-state index in [0.717, 1.165) is 30.8 Å². The van der Waals surface area contributed by atoms with Crippen LogP contribution in [0.15, 0.2) is 11.4 Å². The molecule has 1 aromatic rings. The SMILES string of the molecule is CCC(CC)(C(=O)c1sccc1Cl)N1CCCC1. The zero-order valence-electron chi connectivity index (χ0n) is 11.0. The van der Waals surface area contributed by atoms with Crippen molar-refractivity contribution in [1.82, 2.24) is 4.90 Å². The molecule has 1 aromatic heterocycles. The molecule has 2 heterocycles. The van der Waals surface area contributed by atoms with Crippen molar-refractivity contribution in [3.05, 3.63) is 21.3 Å². The van der Waals surface area contributed by atoms with Crippen molar-refractivity contribution in [2.24, 2.45) is 0 Å². The third-order valence-electron chi connectivity index (χ3n) is 4.13. The van der Waals surface area contributed by atoms with Crippen molar-refractivity contribution < 1.29 is 4.79 Å². The number of rotatable bonds is 5. The molecule has 2 rings (SSSR count). The number of nitrogens with zero attached hydrogens (tertiary/aromatic N) is 1. The maximum atomic E-state index is 12.9. The van der Waals surface area contributed by atoms with Gasteiger partial charge in [-0.3, -0.25) is 9.69 Å². The van der Waals surface area contributed by atoms with E-state index in [1.807, 2.05) is 11.4 Å². The van der Waals surface area contributed by atoms with Crippen LogP contribution < -0.4 is 0 Å². The van der Waals surface area contributed by atoms with Crippen LogP contribution in [0.4, 0.5) is 0 Å². The molecule has 0 aliphatic carbocycles. The fraction of sp³-hybridized carbons (Fsp3) is 0.643. The van der Waals surface area contributed by atoms with E-state index in [2.05, 4.69) is 18.7 Å². The molecule has 0 bridgehead atoms. The van der Waals surface area contributed by atoms with E-state index in [1.165, 1.54) is 24.2 Å². The highest BCUT2D eigenvalue weighted by Gasteiger charge is 2.43. The van der Waals surface area contributed by atoms with Crippen LogP contribution in [0.3, 0.4) is 0 Å². The first-order valence-corrected chi connectivity index (χ1v) is 7.94. The molecule has 1 fully saturated rings. The molecule has 2 nitrogen and oxygen atoms in total. The average molecular weight is 286 g/mol. The van der Waals surface area contributed by atoms with Crippen molar-refractivity contribution in [2.45, 2.75) is 45.1 Å². The fourth-order valence-electron chi connectivity index (χ4n) is 2.97. The Kier molecular flexibility index (Phi) is 4.46. The monoisotopic (exact) mass is 285 g/mol. The van der Waals surface area contributed by atoms with E-state index in [0.29, 0.717) is 5.02 Å². The lowest BCUT2D eigenvalue weighted by atomic mass is 9.85. The minimum Gasteiger partial charge on any atom is -0.291 e. The summed E-state index contributed by atoms with van der Waals surface area (Å²) in [5.41, 5.74) is -0.342. The average Bonchev–Trinajstić information content (AvgIpc) is 3.02. The molecule has 0 aromatic carbocycles. The van der Waals surface area contributed by atoms with E-state index in [4.69, 9.17) is 11.6 Å². The topological polar surface area (TPSA) is 20.3 Å². The summed E-state index contributed by atoms with van der Waals surface area (Å²) in [6.07, 6.45) is 4.12. The second-order valence-corrected chi connectivity index (χ2v) is 6.18. The molecule has 4 heteroatoms. The number of hydrogen-bond donors (Lipinski definition) is 0. The van der Waals surface area contributed by atoms with Crippen LogP contribution in [-0.2, 0) is 0 Å². The first kappa shape index (κ1) is 14.0. The number of thiophene rings is 1. The maximum Gasteiger partial charge on any atom is 0.194 e. The molecular formula is C14H20ClNOS. The van der Waals surface area contributed by atoms with Crippen molar-refractivity contribution in [3.8, 4) is 0 Å². The molecule has 1 aliphatic rings. The van der Waals surface area contributed by atoms with Gasteiger partial charge in [0, 0.05) is 0 Å². The number of Topliss-reactive ketones (excluding diaryl/α,β-unsaturated/α-hetero) is 1.